The van der Waals surface area contributed by atoms with E-state index in [0.717, 1.165) is 10.8 Å². The Kier molecular flexibility index (Phi) is 5.05. The highest BCUT2D eigenvalue weighted by atomic mass is 32.2. The maximum absolute atomic E-state index is 13.2. The van der Waals surface area contributed by atoms with Gasteiger partial charge in [-0.15, -0.1) is 0 Å². The molecule has 1 N–H and O–H groups in total. The van der Waals surface area contributed by atoms with E-state index in [4.69, 9.17) is 5.26 Å². The number of nitrogens with one attached hydrogen (secondary N) is 1. The van der Waals surface area contributed by atoms with Gasteiger partial charge in [-0.3, -0.25) is 4.79 Å². The molecule has 1 saturated heterocycles. The van der Waals surface area contributed by atoms with Crippen molar-refractivity contribution < 1.29 is 13.2 Å². The molecule has 1 aliphatic heterocycles. The van der Waals surface area contributed by atoms with Gasteiger partial charge in [0.25, 0.3) is 0 Å². The van der Waals surface area contributed by atoms with Crippen molar-refractivity contribution in [1.29, 1.82) is 5.26 Å². The molecule has 3 aromatic carbocycles. The maximum atomic E-state index is 13.2. The average Bonchev–Trinajstić information content (AvgIpc) is 3.25. The van der Waals surface area contributed by atoms with E-state index in [1.54, 1.807) is 42.5 Å². The summed E-state index contributed by atoms with van der Waals surface area (Å²) < 4.78 is 27.8. The predicted molar refractivity (Wildman–Crippen MR) is 111 cm³/mol. The molecule has 4 rings (SSSR count). The van der Waals surface area contributed by atoms with Crippen LogP contribution >= 0.6 is 0 Å². The normalized spacial score (nSPS) is 17.1. The lowest BCUT2D eigenvalue weighted by Crippen LogP contribution is -2.43. The first-order valence-electron chi connectivity index (χ1n) is 9.31. The van der Waals surface area contributed by atoms with Crippen LogP contribution in [0.1, 0.15) is 18.4 Å². The number of amides is 1. The van der Waals surface area contributed by atoms with Gasteiger partial charge in [-0.25, -0.2) is 8.42 Å². The summed E-state index contributed by atoms with van der Waals surface area (Å²) >= 11 is 0. The second-order valence-corrected chi connectivity index (χ2v) is 8.85. The molecule has 29 heavy (non-hydrogen) atoms. The monoisotopic (exact) mass is 405 g/mol. The van der Waals surface area contributed by atoms with E-state index in [1.165, 1.54) is 4.31 Å². The van der Waals surface area contributed by atoms with Crippen molar-refractivity contribution in [3.05, 3.63) is 72.3 Å². The summed E-state index contributed by atoms with van der Waals surface area (Å²) in [4.78, 5) is 13.0. The van der Waals surface area contributed by atoms with Crippen molar-refractivity contribution in [2.45, 2.75) is 23.8 Å². The van der Waals surface area contributed by atoms with Crippen LogP contribution in [0, 0.1) is 11.3 Å². The largest absolute Gasteiger partial charge is 0.325 e. The number of sulfonamides is 1. The molecular formula is C22H19N3O3S. The molecule has 0 aliphatic carbocycles. The maximum Gasteiger partial charge on any atom is 0.243 e. The van der Waals surface area contributed by atoms with Crippen LogP contribution in [0.5, 0.6) is 0 Å². The quantitative estimate of drug-likeness (QED) is 0.719. The minimum Gasteiger partial charge on any atom is -0.325 e. The number of nitrogens with zero attached hydrogens (tertiary/aromatic N) is 2. The van der Waals surface area contributed by atoms with Crippen LogP contribution in [-0.2, 0) is 14.8 Å². The topological polar surface area (TPSA) is 90.3 Å². The SMILES string of the molecule is N#Cc1ccc(NC(=O)[C@H]2CCCN2S(=O)(=O)c2ccc3ccccc3c2)cc1. The Hall–Kier alpha value is -3.21. The summed E-state index contributed by atoms with van der Waals surface area (Å²) in [6.07, 6.45) is 1.09. The molecule has 1 heterocycles. The number of benzene rings is 3. The van der Waals surface area contributed by atoms with Crippen molar-refractivity contribution in [3.8, 4) is 6.07 Å². The Morgan fingerprint density at radius 1 is 1.03 bits per heavy atom. The molecule has 0 bridgehead atoms. The van der Waals surface area contributed by atoms with Gasteiger partial charge in [0.1, 0.15) is 6.04 Å². The summed E-state index contributed by atoms with van der Waals surface area (Å²) in [6.45, 7) is 0.306. The lowest BCUT2D eigenvalue weighted by Gasteiger charge is -2.23. The van der Waals surface area contributed by atoms with Gasteiger partial charge >= 0.3 is 0 Å². The van der Waals surface area contributed by atoms with Crippen LogP contribution in [0.2, 0.25) is 0 Å². The molecule has 3 aromatic rings. The van der Waals surface area contributed by atoms with Crippen LogP contribution in [0.25, 0.3) is 10.8 Å². The smallest absolute Gasteiger partial charge is 0.243 e. The molecule has 1 aliphatic rings. The molecular weight excluding hydrogens is 386 g/mol. The number of nitriles is 1. The molecule has 1 fully saturated rings. The Morgan fingerprint density at radius 2 is 1.76 bits per heavy atom. The van der Waals surface area contributed by atoms with E-state index >= 15 is 0 Å². The minimum atomic E-state index is -3.80. The van der Waals surface area contributed by atoms with E-state index in [9.17, 15) is 13.2 Å². The summed E-state index contributed by atoms with van der Waals surface area (Å²) in [5.74, 6) is -0.364. The first-order valence-corrected chi connectivity index (χ1v) is 10.7. The fraction of sp³-hybridized carbons (Fsp3) is 0.182. The average molecular weight is 405 g/mol. The van der Waals surface area contributed by atoms with Crippen molar-refractivity contribution in [3.63, 3.8) is 0 Å². The fourth-order valence-electron chi connectivity index (χ4n) is 3.61. The third kappa shape index (κ3) is 3.73. The Morgan fingerprint density at radius 3 is 2.48 bits per heavy atom. The highest BCUT2D eigenvalue weighted by Gasteiger charge is 2.39. The number of rotatable bonds is 4. The predicted octanol–water partition coefficient (Wildman–Crippen LogP) is 3.50. The molecule has 0 spiro atoms. The van der Waals surface area contributed by atoms with Crippen LogP contribution in [0.4, 0.5) is 5.69 Å². The van der Waals surface area contributed by atoms with Crippen LogP contribution in [-0.4, -0.2) is 31.2 Å². The van der Waals surface area contributed by atoms with Crippen LogP contribution in [0.3, 0.4) is 0 Å². The van der Waals surface area contributed by atoms with E-state index < -0.39 is 16.1 Å². The first kappa shape index (κ1) is 19.1. The second kappa shape index (κ2) is 7.66. The molecule has 1 amide bonds. The van der Waals surface area contributed by atoms with Gasteiger partial charge in [-0.2, -0.15) is 9.57 Å². The third-order valence-corrected chi connectivity index (χ3v) is 7.02. The van der Waals surface area contributed by atoms with Gasteiger partial charge in [-0.05, 0) is 60.0 Å². The van der Waals surface area contributed by atoms with Gasteiger partial charge < -0.3 is 5.32 Å². The van der Waals surface area contributed by atoms with Crippen molar-refractivity contribution >= 4 is 32.4 Å². The van der Waals surface area contributed by atoms with Gasteiger partial charge in [0.15, 0.2) is 0 Å². The standard InChI is InChI=1S/C22H19N3O3S/c23-15-16-7-10-19(11-8-16)24-22(26)21-6-3-13-25(21)29(27,28)20-12-9-17-4-1-2-5-18(17)14-20/h1-2,4-5,7-12,14,21H,3,6,13H2,(H,24,26)/t21-/m1/s1. The zero-order valence-corrected chi connectivity index (χ0v) is 16.4. The van der Waals surface area contributed by atoms with E-state index in [1.807, 2.05) is 30.3 Å². The molecule has 0 unspecified atom stereocenters. The van der Waals surface area contributed by atoms with Crippen LogP contribution < -0.4 is 5.32 Å². The number of carbonyl (C=O) groups excluding carboxylic acids is 1. The Bertz CT molecular complexity index is 1210. The zero-order chi connectivity index (χ0) is 20.4. The third-order valence-electron chi connectivity index (χ3n) is 5.12. The molecule has 146 valence electrons. The summed E-state index contributed by atoms with van der Waals surface area (Å²) in [5, 5.41) is 13.4. The van der Waals surface area contributed by atoms with Gasteiger partial charge in [0, 0.05) is 12.2 Å². The fourth-order valence-corrected chi connectivity index (χ4v) is 5.30. The number of hydrogen-bond acceptors (Lipinski definition) is 4. The number of hydrogen-bond donors (Lipinski definition) is 1. The molecule has 6 nitrogen and oxygen atoms in total. The summed E-state index contributed by atoms with van der Waals surface area (Å²) in [7, 11) is -3.80. The second-order valence-electron chi connectivity index (χ2n) is 6.96. The molecule has 1 atom stereocenters. The molecule has 0 radical (unpaired) electrons. The number of anilines is 1. The molecule has 0 saturated carbocycles. The number of fused-ring (bicyclic) bond motifs is 1. The summed E-state index contributed by atoms with van der Waals surface area (Å²) in [6, 6.07) is 20.3. The summed E-state index contributed by atoms with van der Waals surface area (Å²) in [5.41, 5.74) is 1.02. The minimum absolute atomic E-state index is 0.189. The van der Waals surface area contributed by atoms with Crippen molar-refractivity contribution in [2.75, 3.05) is 11.9 Å². The van der Waals surface area contributed by atoms with Gasteiger partial charge in [-0.1, -0.05) is 30.3 Å². The van der Waals surface area contributed by atoms with Crippen molar-refractivity contribution in [1.82, 2.24) is 4.31 Å². The van der Waals surface area contributed by atoms with Gasteiger partial charge in [0.05, 0.1) is 16.5 Å². The highest BCUT2D eigenvalue weighted by molar-refractivity contribution is 7.89. The van der Waals surface area contributed by atoms with E-state index in [-0.39, 0.29) is 10.8 Å². The lowest BCUT2D eigenvalue weighted by molar-refractivity contribution is -0.119. The number of carbonyl (C=O) groups is 1. The van der Waals surface area contributed by atoms with E-state index in [2.05, 4.69) is 5.32 Å². The van der Waals surface area contributed by atoms with E-state index in [0.29, 0.717) is 30.6 Å². The van der Waals surface area contributed by atoms with Gasteiger partial charge in [0.2, 0.25) is 15.9 Å². The van der Waals surface area contributed by atoms with Crippen LogP contribution in [0.15, 0.2) is 71.6 Å². The first-order chi connectivity index (χ1) is 14.0. The Balaban J connectivity index is 1.58. The molecule has 7 heteroatoms. The highest BCUT2D eigenvalue weighted by Crippen LogP contribution is 2.29. The van der Waals surface area contributed by atoms with Crippen molar-refractivity contribution in [2.24, 2.45) is 0 Å². The zero-order valence-electron chi connectivity index (χ0n) is 15.6. The lowest BCUT2D eigenvalue weighted by atomic mass is 10.1. The molecule has 0 aromatic heterocycles. The Labute approximate surface area is 169 Å².